The van der Waals surface area contributed by atoms with E-state index >= 15 is 0 Å². The lowest BCUT2D eigenvalue weighted by molar-refractivity contribution is -0.146. The van der Waals surface area contributed by atoms with Crippen molar-refractivity contribution in [1.29, 1.82) is 0 Å². The van der Waals surface area contributed by atoms with Crippen molar-refractivity contribution in [2.45, 2.75) is 63.6 Å². The highest BCUT2D eigenvalue weighted by atomic mass is 19.4. The van der Waals surface area contributed by atoms with Crippen molar-refractivity contribution in [3.63, 3.8) is 0 Å². The third-order valence-electron chi connectivity index (χ3n) is 6.02. The van der Waals surface area contributed by atoms with Crippen molar-refractivity contribution < 1.29 is 27.5 Å². The summed E-state index contributed by atoms with van der Waals surface area (Å²) >= 11 is 0. The third-order valence-corrected chi connectivity index (χ3v) is 6.02. The highest BCUT2D eigenvalue weighted by Crippen LogP contribution is 2.34. The average molecular weight is 452 g/mol. The van der Waals surface area contributed by atoms with Crippen molar-refractivity contribution in [3.8, 4) is 0 Å². The number of nitrogens with zero attached hydrogens (tertiary/aromatic N) is 3. The molecule has 1 amide bonds. The minimum absolute atomic E-state index is 0.243. The molecule has 0 unspecified atom stereocenters. The third kappa shape index (κ3) is 5.28. The van der Waals surface area contributed by atoms with Gasteiger partial charge in [0, 0.05) is 12.4 Å². The zero-order chi connectivity index (χ0) is 23.5. The summed E-state index contributed by atoms with van der Waals surface area (Å²) in [5, 5.41) is 2.69. The fourth-order valence-corrected chi connectivity index (χ4v) is 4.00. The molecular formula is C22H27F3N4O3. The predicted molar refractivity (Wildman–Crippen MR) is 111 cm³/mol. The Morgan fingerprint density at radius 2 is 1.91 bits per heavy atom. The molecule has 0 radical (unpaired) electrons. The molecule has 1 saturated carbocycles. The first-order valence-electron chi connectivity index (χ1n) is 10.5. The van der Waals surface area contributed by atoms with Gasteiger partial charge in [-0.15, -0.1) is 0 Å². The van der Waals surface area contributed by atoms with Gasteiger partial charge in [0.25, 0.3) is 0 Å². The number of pyridine rings is 1. The molecule has 1 atom stereocenters. The number of aromatic nitrogens is 3. The van der Waals surface area contributed by atoms with Crippen LogP contribution < -0.4 is 5.32 Å². The zero-order valence-corrected chi connectivity index (χ0v) is 18.3. The number of amides is 1. The molecule has 2 aromatic heterocycles. The van der Waals surface area contributed by atoms with Gasteiger partial charge in [0.2, 0.25) is 5.91 Å². The van der Waals surface area contributed by atoms with Crippen LogP contribution in [0.2, 0.25) is 0 Å². The molecule has 3 rings (SSSR count). The standard InChI is InChI=1S/C22H27F3N4O3/c1-21(2,20(31)32-3)15-8-9-18(26-11-15)28-19(30)16(10-14-6-4-5-7-14)29-12-17(27-13-29)22(23,24)25/h8-9,11-14,16H,4-7,10H2,1-3H3,(H,26,28,30)/t16-/m0/s1. The number of imidazole rings is 1. The molecule has 174 valence electrons. The van der Waals surface area contributed by atoms with Crippen molar-refractivity contribution in [3.05, 3.63) is 42.1 Å². The summed E-state index contributed by atoms with van der Waals surface area (Å²) in [4.78, 5) is 32.7. The molecular weight excluding hydrogens is 425 g/mol. The van der Waals surface area contributed by atoms with Gasteiger partial charge < -0.3 is 14.6 Å². The van der Waals surface area contributed by atoms with E-state index < -0.39 is 35.2 Å². The number of nitrogens with one attached hydrogen (secondary N) is 1. The summed E-state index contributed by atoms with van der Waals surface area (Å²) in [5.41, 5.74) is -1.34. The second kappa shape index (κ2) is 9.30. The summed E-state index contributed by atoms with van der Waals surface area (Å²) in [6, 6.07) is 2.37. The number of carbonyl (C=O) groups is 2. The minimum Gasteiger partial charge on any atom is -0.468 e. The van der Waals surface area contributed by atoms with E-state index in [1.807, 2.05) is 0 Å². The van der Waals surface area contributed by atoms with Crippen LogP contribution in [0.25, 0.3) is 0 Å². The van der Waals surface area contributed by atoms with E-state index in [4.69, 9.17) is 4.74 Å². The van der Waals surface area contributed by atoms with Gasteiger partial charge in [0.15, 0.2) is 5.69 Å². The van der Waals surface area contributed by atoms with Gasteiger partial charge in [0.1, 0.15) is 11.9 Å². The van der Waals surface area contributed by atoms with Crippen LogP contribution in [0.4, 0.5) is 19.0 Å². The number of hydrogen-bond donors (Lipinski definition) is 1. The predicted octanol–water partition coefficient (Wildman–Crippen LogP) is 4.51. The summed E-state index contributed by atoms with van der Waals surface area (Å²) < 4.78 is 45.1. The highest BCUT2D eigenvalue weighted by Gasteiger charge is 2.36. The van der Waals surface area contributed by atoms with Gasteiger partial charge in [-0.05, 0) is 37.8 Å². The normalized spacial score (nSPS) is 16.1. The topological polar surface area (TPSA) is 86.1 Å². The number of methoxy groups -OCH3 is 1. The number of carbonyl (C=O) groups excluding carboxylic acids is 2. The van der Waals surface area contributed by atoms with Crippen LogP contribution in [-0.2, 0) is 25.9 Å². The number of esters is 1. The van der Waals surface area contributed by atoms with E-state index in [-0.39, 0.29) is 11.7 Å². The van der Waals surface area contributed by atoms with Crippen LogP contribution >= 0.6 is 0 Å². The fourth-order valence-electron chi connectivity index (χ4n) is 4.00. The lowest BCUT2D eigenvalue weighted by Crippen LogP contribution is -2.30. The average Bonchev–Trinajstić information content (AvgIpc) is 3.43. The van der Waals surface area contributed by atoms with E-state index in [9.17, 15) is 22.8 Å². The number of anilines is 1. The number of rotatable bonds is 7. The van der Waals surface area contributed by atoms with Crippen LogP contribution in [0.1, 0.15) is 63.3 Å². The SMILES string of the molecule is COC(=O)C(C)(C)c1ccc(NC(=O)[C@H](CC2CCCC2)n2cnc(C(F)(F)F)c2)nc1. The molecule has 1 aliphatic rings. The van der Waals surface area contributed by atoms with E-state index in [0.29, 0.717) is 12.0 Å². The molecule has 0 bridgehead atoms. The Balaban J connectivity index is 1.79. The first-order chi connectivity index (χ1) is 15.0. The van der Waals surface area contributed by atoms with E-state index in [1.54, 1.807) is 26.0 Å². The van der Waals surface area contributed by atoms with Crippen molar-refractivity contribution in [2.75, 3.05) is 12.4 Å². The van der Waals surface area contributed by atoms with Crippen LogP contribution in [0.15, 0.2) is 30.9 Å². The van der Waals surface area contributed by atoms with Crippen molar-refractivity contribution in [1.82, 2.24) is 14.5 Å². The molecule has 0 aliphatic heterocycles. The molecule has 0 aromatic carbocycles. The summed E-state index contributed by atoms with van der Waals surface area (Å²) in [7, 11) is 1.30. The molecule has 0 saturated heterocycles. The van der Waals surface area contributed by atoms with Gasteiger partial charge in [-0.3, -0.25) is 9.59 Å². The summed E-state index contributed by atoms with van der Waals surface area (Å²) in [6.07, 6.45) is 3.23. The highest BCUT2D eigenvalue weighted by molar-refractivity contribution is 5.93. The van der Waals surface area contributed by atoms with Crippen LogP contribution in [0, 0.1) is 5.92 Å². The molecule has 1 aliphatic carbocycles. The Morgan fingerprint density at radius 1 is 1.22 bits per heavy atom. The maximum atomic E-state index is 13.0. The molecule has 0 spiro atoms. The smallest absolute Gasteiger partial charge is 0.434 e. The van der Waals surface area contributed by atoms with Crippen molar-refractivity contribution in [2.24, 2.45) is 5.92 Å². The zero-order valence-electron chi connectivity index (χ0n) is 18.3. The molecule has 32 heavy (non-hydrogen) atoms. The number of alkyl halides is 3. The number of ether oxygens (including phenoxy) is 1. The Bertz CT molecular complexity index is 948. The molecule has 1 N–H and O–H groups in total. The monoisotopic (exact) mass is 452 g/mol. The van der Waals surface area contributed by atoms with E-state index in [1.165, 1.54) is 17.9 Å². The molecule has 7 nitrogen and oxygen atoms in total. The number of hydrogen-bond acceptors (Lipinski definition) is 5. The maximum absolute atomic E-state index is 13.0. The Labute approximate surface area is 184 Å². The lowest BCUT2D eigenvalue weighted by Gasteiger charge is -2.23. The van der Waals surface area contributed by atoms with Crippen LogP contribution in [-0.4, -0.2) is 33.5 Å². The second-order valence-corrected chi connectivity index (χ2v) is 8.64. The Morgan fingerprint density at radius 3 is 2.44 bits per heavy atom. The quantitative estimate of drug-likeness (QED) is 0.625. The lowest BCUT2D eigenvalue weighted by atomic mass is 9.86. The Kier molecular flexibility index (Phi) is 6.90. The fraction of sp³-hybridized carbons (Fsp3) is 0.545. The second-order valence-electron chi connectivity index (χ2n) is 8.64. The van der Waals surface area contributed by atoms with Gasteiger partial charge in [-0.25, -0.2) is 9.97 Å². The Hall–Kier alpha value is -2.91. The van der Waals surface area contributed by atoms with Gasteiger partial charge in [-0.2, -0.15) is 13.2 Å². The van der Waals surface area contributed by atoms with Crippen molar-refractivity contribution >= 4 is 17.7 Å². The molecule has 2 heterocycles. The number of halogens is 3. The van der Waals surface area contributed by atoms with Gasteiger partial charge in [-0.1, -0.05) is 31.7 Å². The van der Waals surface area contributed by atoms with Crippen LogP contribution in [0.5, 0.6) is 0 Å². The van der Waals surface area contributed by atoms with E-state index in [2.05, 4.69) is 15.3 Å². The van der Waals surface area contributed by atoms with Gasteiger partial charge in [0.05, 0.1) is 18.9 Å². The molecule has 10 heteroatoms. The van der Waals surface area contributed by atoms with Gasteiger partial charge >= 0.3 is 12.1 Å². The summed E-state index contributed by atoms with van der Waals surface area (Å²) in [6.45, 7) is 3.39. The van der Waals surface area contributed by atoms with Crippen LogP contribution in [0.3, 0.4) is 0 Å². The first-order valence-corrected chi connectivity index (χ1v) is 10.5. The largest absolute Gasteiger partial charge is 0.468 e. The molecule has 2 aromatic rings. The molecule has 1 fully saturated rings. The minimum atomic E-state index is -4.58. The first kappa shape index (κ1) is 23.7. The maximum Gasteiger partial charge on any atom is 0.434 e. The van der Waals surface area contributed by atoms with E-state index in [0.717, 1.165) is 38.2 Å². The summed E-state index contributed by atoms with van der Waals surface area (Å²) in [5.74, 6) is -0.380.